The van der Waals surface area contributed by atoms with Crippen LogP contribution in [-0.2, 0) is 26.3 Å². The number of furan rings is 1. The zero-order chi connectivity index (χ0) is 24.0. The van der Waals surface area contributed by atoms with Crippen molar-refractivity contribution in [3.8, 4) is 11.3 Å². The molecule has 1 heterocycles. The molecule has 0 amide bonds. The predicted octanol–water partition coefficient (Wildman–Crippen LogP) is 4.09. The maximum Gasteiger partial charge on any atom is 0.340 e. The Morgan fingerprint density at radius 3 is 2.59 bits per heavy atom. The molecule has 3 aromatic rings. The molecule has 0 bridgehead atoms. The number of esters is 1. The van der Waals surface area contributed by atoms with Crippen molar-refractivity contribution in [2.24, 2.45) is 0 Å². The van der Waals surface area contributed by atoms with Crippen LogP contribution in [0.2, 0.25) is 0 Å². The lowest BCUT2D eigenvalue weighted by Crippen LogP contribution is -2.38. The Morgan fingerprint density at radius 1 is 1.12 bits per heavy atom. The van der Waals surface area contributed by atoms with Gasteiger partial charge >= 0.3 is 5.97 Å². The summed E-state index contributed by atoms with van der Waals surface area (Å²) in [4.78, 5) is 38.7. The van der Waals surface area contributed by atoms with Crippen molar-refractivity contribution in [2.75, 3.05) is 13.7 Å². The van der Waals surface area contributed by atoms with E-state index in [1.165, 1.54) is 13.4 Å². The van der Waals surface area contributed by atoms with E-state index < -0.39 is 29.2 Å². The molecule has 0 radical (unpaired) electrons. The van der Waals surface area contributed by atoms with Crippen LogP contribution in [0.1, 0.15) is 61.9 Å². The maximum absolute atomic E-state index is 13.1. The van der Waals surface area contributed by atoms with Crippen LogP contribution >= 0.6 is 0 Å². The van der Waals surface area contributed by atoms with Crippen molar-refractivity contribution in [2.45, 2.75) is 37.9 Å². The Kier molecular flexibility index (Phi) is 5.46. The summed E-state index contributed by atoms with van der Waals surface area (Å²) in [5.41, 5.74) is 1.99. The topological polar surface area (TPSA) is 103 Å². The van der Waals surface area contributed by atoms with E-state index in [1.54, 1.807) is 43.3 Å². The molecule has 5 rings (SSSR count). The summed E-state index contributed by atoms with van der Waals surface area (Å²) in [6.45, 7) is 1.43. The third-order valence-corrected chi connectivity index (χ3v) is 6.72. The van der Waals surface area contributed by atoms with E-state index in [1.807, 2.05) is 6.07 Å². The van der Waals surface area contributed by atoms with Gasteiger partial charge < -0.3 is 19.0 Å². The fourth-order valence-corrected chi connectivity index (χ4v) is 5.05. The summed E-state index contributed by atoms with van der Waals surface area (Å²) in [7, 11) is 1.42. The van der Waals surface area contributed by atoms with Crippen LogP contribution < -0.4 is 0 Å². The van der Waals surface area contributed by atoms with Crippen LogP contribution in [0.3, 0.4) is 0 Å². The summed E-state index contributed by atoms with van der Waals surface area (Å²) in [6, 6.07) is 12.4. The normalized spacial score (nSPS) is 19.7. The molecule has 0 unspecified atom stereocenters. The van der Waals surface area contributed by atoms with E-state index in [0.29, 0.717) is 58.4 Å². The first-order valence-corrected chi connectivity index (χ1v) is 11.2. The number of carbonyl (C=O) groups excluding carboxylic acids is 3. The third-order valence-electron chi connectivity index (χ3n) is 6.72. The quantitative estimate of drug-likeness (QED) is 0.452. The molecule has 2 atom stereocenters. The Hall–Kier alpha value is -3.55. The zero-order valence-corrected chi connectivity index (χ0v) is 18.9. The molecule has 0 spiro atoms. The first kappa shape index (κ1) is 22.3. The number of aliphatic hydroxyl groups is 1. The number of Topliss-reactive ketones (excluding diaryl/α,β-unsaturated/α-hetero) is 2. The first-order chi connectivity index (χ1) is 16.4. The Labute approximate surface area is 196 Å². The summed E-state index contributed by atoms with van der Waals surface area (Å²) in [5.74, 6) is -1.44. The molecule has 2 aliphatic carbocycles. The van der Waals surface area contributed by atoms with Gasteiger partial charge in [0.05, 0.1) is 11.8 Å². The van der Waals surface area contributed by atoms with Gasteiger partial charge in [-0.25, -0.2) is 4.79 Å². The number of hydrogen-bond donors (Lipinski definition) is 1. The zero-order valence-electron chi connectivity index (χ0n) is 18.9. The Balaban J connectivity index is 1.47. The van der Waals surface area contributed by atoms with Crippen LogP contribution in [0.4, 0.5) is 0 Å². The summed E-state index contributed by atoms with van der Waals surface area (Å²) in [6.07, 6.45) is 1.99. The number of rotatable bonds is 5. The van der Waals surface area contributed by atoms with E-state index in [2.05, 4.69) is 0 Å². The molecule has 34 heavy (non-hydrogen) atoms. The monoisotopic (exact) mass is 460 g/mol. The number of ether oxygens (including phenoxy) is 2. The highest BCUT2D eigenvalue weighted by Gasteiger charge is 2.42. The largest absolute Gasteiger partial charge is 0.463 e. The van der Waals surface area contributed by atoms with E-state index in [0.717, 1.165) is 0 Å². The van der Waals surface area contributed by atoms with E-state index in [4.69, 9.17) is 13.9 Å². The predicted molar refractivity (Wildman–Crippen MR) is 122 cm³/mol. The minimum absolute atomic E-state index is 0.271. The summed E-state index contributed by atoms with van der Waals surface area (Å²) >= 11 is 0. The van der Waals surface area contributed by atoms with Crippen LogP contribution in [0, 0.1) is 6.92 Å². The van der Waals surface area contributed by atoms with Crippen molar-refractivity contribution in [3.63, 3.8) is 0 Å². The lowest BCUT2D eigenvalue weighted by atomic mass is 9.73. The smallest absolute Gasteiger partial charge is 0.340 e. The molecule has 0 aliphatic heterocycles. The number of benzene rings is 2. The van der Waals surface area contributed by atoms with Crippen molar-refractivity contribution < 1.29 is 33.4 Å². The number of fused-ring (bicyclic) bond motifs is 5. The molecule has 2 aliphatic rings. The Morgan fingerprint density at radius 2 is 1.85 bits per heavy atom. The van der Waals surface area contributed by atoms with Crippen LogP contribution in [0.15, 0.2) is 53.1 Å². The molecule has 7 nitrogen and oxygen atoms in total. The Bertz CT molecular complexity index is 1300. The highest BCUT2D eigenvalue weighted by molar-refractivity contribution is 6.53. The van der Waals surface area contributed by atoms with Crippen molar-refractivity contribution in [1.29, 1.82) is 0 Å². The second kappa shape index (κ2) is 8.34. The van der Waals surface area contributed by atoms with Gasteiger partial charge in [0.1, 0.15) is 18.0 Å². The minimum Gasteiger partial charge on any atom is -0.463 e. The van der Waals surface area contributed by atoms with E-state index in [9.17, 15) is 19.5 Å². The number of hydrogen-bond acceptors (Lipinski definition) is 7. The molecule has 174 valence electrons. The van der Waals surface area contributed by atoms with Gasteiger partial charge in [-0.2, -0.15) is 0 Å². The van der Waals surface area contributed by atoms with Gasteiger partial charge in [-0.15, -0.1) is 0 Å². The number of ketones is 2. The average Bonchev–Trinajstić information content (AvgIpc) is 3.24. The molecule has 1 N–H and O–H groups in total. The molecule has 0 saturated carbocycles. The molecule has 2 aromatic carbocycles. The van der Waals surface area contributed by atoms with Gasteiger partial charge in [0.15, 0.2) is 6.10 Å². The van der Waals surface area contributed by atoms with E-state index >= 15 is 0 Å². The van der Waals surface area contributed by atoms with Gasteiger partial charge in [-0.3, -0.25) is 9.59 Å². The fraction of sp³-hybridized carbons (Fsp3) is 0.296. The van der Waals surface area contributed by atoms with Gasteiger partial charge in [-0.1, -0.05) is 42.5 Å². The third kappa shape index (κ3) is 3.40. The highest BCUT2D eigenvalue weighted by atomic mass is 16.6. The van der Waals surface area contributed by atoms with Gasteiger partial charge in [0.25, 0.3) is 0 Å². The van der Waals surface area contributed by atoms with Crippen molar-refractivity contribution in [1.82, 2.24) is 0 Å². The second-order valence-corrected chi connectivity index (χ2v) is 8.81. The molecule has 1 aromatic heterocycles. The van der Waals surface area contributed by atoms with Crippen LogP contribution in [0.25, 0.3) is 11.3 Å². The summed E-state index contributed by atoms with van der Waals surface area (Å²) < 4.78 is 16.5. The minimum atomic E-state index is -1.49. The molecular formula is C27H24O7. The van der Waals surface area contributed by atoms with Gasteiger partial charge in [-0.05, 0) is 48.4 Å². The summed E-state index contributed by atoms with van der Waals surface area (Å²) in [5, 5.41) is 11.5. The standard InChI is InChI=1S/C27H24O7/c1-15-13-33-25-18-10-11-19-17(21(18)23(29)22(28)20(15)25)9-6-12-27(19,31)14-34-26(30)24(32-2)16-7-4-3-5-8-16/h3-5,7-8,10-11,13,24,31H,6,9,12,14H2,1-2H3/t24-,27-/m1/s1. The number of methoxy groups -OCH3 is 1. The van der Waals surface area contributed by atoms with Crippen molar-refractivity contribution >= 4 is 17.5 Å². The highest BCUT2D eigenvalue weighted by Crippen LogP contribution is 2.44. The van der Waals surface area contributed by atoms with Crippen molar-refractivity contribution in [3.05, 3.63) is 82.1 Å². The van der Waals surface area contributed by atoms with E-state index in [-0.39, 0.29) is 12.2 Å². The first-order valence-electron chi connectivity index (χ1n) is 11.2. The fourth-order valence-electron chi connectivity index (χ4n) is 5.05. The maximum atomic E-state index is 13.1. The lowest BCUT2D eigenvalue weighted by Gasteiger charge is -2.36. The number of aryl methyl sites for hydroxylation is 1. The molecular weight excluding hydrogens is 436 g/mol. The number of carbonyl (C=O) groups is 3. The van der Waals surface area contributed by atoms with Gasteiger partial charge in [0.2, 0.25) is 11.6 Å². The average molecular weight is 460 g/mol. The SMILES string of the molecule is CO[C@@H](C(=O)OC[C@]1(O)CCCc2c1ccc1c2C(=O)C(=O)c2c(C)coc2-1)c1ccccc1. The molecule has 7 heteroatoms. The molecule has 0 fully saturated rings. The molecule has 0 saturated heterocycles. The second-order valence-electron chi connectivity index (χ2n) is 8.81. The van der Waals surface area contributed by atoms with Crippen LogP contribution in [0.5, 0.6) is 0 Å². The lowest BCUT2D eigenvalue weighted by molar-refractivity contribution is -0.165. The van der Waals surface area contributed by atoms with Gasteiger partial charge in [0, 0.05) is 18.2 Å². The van der Waals surface area contributed by atoms with Crippen LogP contribution in [-0.4, -0.2) is 36.4 Å².